The zero-order valence-corrected chi connectivity index (χ0v) is 19.9. The molecule has 6 rings (SSSR count). The Morgan fingerprint density at radius 2 is 1.78 bits per heavy atom. The van der Waals surface area contributed by atoms with Gasteiger partial charge in [0, 0.05) is 42.9 Å². The van der Waals surface area contributed by atoms with Crippen molar-refractivity contribution in [2.24, 2.45) is 0 Å². The predicted octanol–water partition coefficient (Wildman–Crippen LogP) is 3.96. The van der Waals surface area contributed by atoms with Crippen LogP contribution in [-0.4, -0.2) is 40.9 Å². The van der Waals surface area contributed by atoms with Crippen molar-refractivity contribution < 1.29 is 23.9 Å². The van der Waals surface area contributed by atoms with Crippen LogP contribution >= 0.6 is 11.3 Å². The maximum Gasteiger partial charge on any atom is 0.260 e. The van der Waals surface area contributed by atoms with Gasteiger partial charge in [0.15, 0.2) is 16.6 Å². The van der Waals surface area contributed by atoms with Crippen LogP contribution in [0.5, 0.6) is 11.5 Å². The van der Waals surface area contributed by atoms with Crippen LogP contribution in [0.25, 0.3) is 10.2 Å². The molecule has 36 heavy (non-hydrogen) atoms. The topological polar surface area (TPSA) is 102 Å². The summed E-state index contributed by atoms with van der Waals surface area (Å²) in [5.74, 6) is 0.439. The van der Waals surface area contributed by atoms with Gasteiger partial charge in [-0.25, -0.2) is 4.98 Å². The number of rotatable bonds is 5. The molecule has 4 aromatic rings. The van der Waals surface area contributed by atoms with E-state index < -0.39 is 0 Å². The van der Waals surface area contributed by atoms with Crippen LogP contribution < -0.4 is 19.3 Å². The van der Waals surface area contributed by atoms with Crippen LogP contribution in [0, 0.1) is 0 Å². The number of hydrogen-bond acceptors (Lipinski definition) is 8. The van der Waals surface area contributed by atoms with Crippen LogP contribution in [0.1, 0.15) is 28.8 Å². The van der Waals surface area contributed by atoms with E-state index in [0.29, 0.717) is 46.6 Å². The number of carbonyl (C=O) groups excluding carboxylic acids is 3. The molecule has 0 saturated carbocycles. The van der Waals surface area contributed by atoms with Gasteiger partial charge in [0.25, 0.3) is 5.91 Å². The maximum absolute atomic E-state index is 13.8. The Hall–Kier alpha value is -4.31. The predicted molar refractivity (Wildman–Crippen MR) is 134 cm³/mol. The number of anilines is 2. The molecule has 0 bridgehead atoms. The summed E-state index contributed by atoms with van der Waals surface area (Å²) >= 11 is 1.37. The normalized spacial score (nSPS) is 14.9. The van der Waals surface area contributed by atoms with Crippen LogP contribution in [-0.2, 0) is 16.1 Å². The Bertz CT molecular complexity index is 1440. The molecule has 0 aliphatic carbocycles. The lowest BCUT2D eigenvalue weighted by atomic mass is 10.1. The van der Waals surface area contributed by atoms with Gasteiger partial charge in [-0.2, -0.15) is 0 Å². The van der Waals surface area contributed by atoms with Crippen molar-refractivity contribution in [1.29, 1.82) is 0 Å². The van der Waals surface area contributed by atoms with Gasteiger partial charge in [0.2, 0.25) is 11.8 Å². The molecule has 0 unspecified atom stereocenters. The first-order valence-electron chi connectivity index (χ1n) is 11.4. The molecule has 3 amide bonds. The Labute approximate surface area is 209 Å². The number of fused-ring (bicyclic) bond motifs is 2. The SMILES string of the molecule is O=C(c1cccc(N2C(=O)CCC2=O)c1)N(Cc1cccnc1)c1nc2cc3c(cc2s1)OCCO3. The number of thiazole rings is 1. The summed E-state index contributed by atoms with van der Waals surface area (Å²) in [4.78, 5) is 50.0. The lowest BCUT2D eigenvalue weighted by Gasteiger charge is -2.21. The third kappa shape index (κ3) is 4.05. The second-order valence-electron chi connectivity index (χ2n) is 8.39. The lowest BCUT2D eigenvalue weighted by Crippen LogP contribution is -2.31. The van der Waals surface area contributed by atoms with Crippen molar-refractivity contribution in [2.45, 2.75) is 19.4 Å². The summed E-state index contributed by atoms with van der Waals surface area (Å²) in [6.07, 6.45) is 3.72. The lowest BCUT2D eigenvalue weighted by molar-refractivity contribution is -0.121. The van der Waals surface area contributed by atoms with Crippen molar-refractivity contribution in [3.63, 3.8) is 0 Å². The Balaban J connectivity index is 1.40. The maximum atomic E-state index is 13.8. The third-order valence-electron chi connectivity index (χ3n) is 5.98. The molecule has 180 valence electrons. The van der Waals surface area contributed by atoms with Gasteiger partial charge in [0.05, 0.1) is 22.4 Å². The van der Waals surface area contributed by atoms with E-state index in [1.807, 2.05) is 24.3 Å². The Morgan fingerprint density at radius 1 is 1.00 bits per heavy atom. The van der Waals surface area contributed by atoms with Crippen LogP contribution in [0.2, 0.25) is 0 Å². The zero-order valence-electron chi connectivity index (χ0n) is 19.0. The number of ether oxygens (including phenoxy) is 2. The monoisotopic (exact) mass is 500 g/mol. The average molecular weight is 501 g/mol. The summed E-state index contributed by atoms with van der Waals surface area (Å²) in [6, 6.07) is 14.0. The number of nitrogens with zero attached hydrogens (tertiary/aromatic N) is 4. The summed E-state index contributed by atoms with van der Waals surface area (Å²) in [6.45, 7) is 1.19. The molecule has 10 heteroatoms. The fourth-order valence-electron chi connectivity index (χ4n) is 4.27. The minimum Gasteiger partial charge on any atom is -0.486 e. The molecular formula is C26H20N4O5S. The fourth-order valence-corrected chi connectivity index (χ4v) is 5.24. The highest BCUT2D eigenvalue weighted by Gasteiger charge is 2.31. The summed E-state index contributed by atoms with van der Waals surface area (Å²) in [7, 11) is 0. The molecule has 2 aliphatic heterocycles. The van der Waals surface area contributed by atoms with Gasteiger partial charge < -0.3 is 9.47 Å². The average Bonchev–Trinajstić information content (AvgIpc) is 3.47. The Morgan fingerprint density at radius 3 is 2.53 bits per heavy atom. The number of aromatic nitrogens is 2. The molecule has 1 fully saturated rings. The summed E-state index contributed by atoms with van der Waals surface area (Å²) < 4.78 is 12.2. The smallest absolute Gasteiger partial charge is 0.260 e. The van der Waals surface area contributed by atoms with E-state index in [9.17, 15) is 14.4 Å². The molecule has 0 atom stereocenters. The molecule has 1 saturated heterocycles. The first-order valence-corrected chi connectivity index (χ1v) is 12.3. The standard InChI is InChI=1S/C26H20N4O5S/c31-23-6-7-24(32)30(23)18-5-1-4-17(11-18)25(33)29(15-16-3-2-8-27-14-16)26-28-19-12-20-21(13-22(19)36-26)35-10-9-34-20/h1-5,8,11-14H,6-7,9-10,15H2. The van der Waals surface area contributed by atoms with Crippen LogP contribution in [0.15, 0.2) is 60.9 Å². The molecule has 9 nitrogen and oxygen atoms in total. The van der Waals surface area contributed by atoms with Gasteiger partial charge in [-0.1, -0.05) is 23.5 Å². The minimum absolute atomic E-state index is 0.174. The molecular weight excluding hydrogens is 480 g/mol. The van der Waals surface area contributed by atoms with Crippen molar-refractivity contribution in [2.75, 3.05) is 23.0 Å². The molecule has 0 N–H and O–H groups in total. The van der Waals surface area contributed by atoms with Gasteiger partial charge >= 0.3 is 0 Å². The van der Waals surface area contributed by atoms with Crippen molar-refractivity contribution in [3.05, 3.63) is 72.1 Å². The third-order valence-corrected chi connectivity index (χ3v) is 7.02. The van der Waals surface area contributed by atoms with E-state index in [-0.39, 0.29) is 37.1 Å². The van der Waals surface area contributed by atoms with Crippen LogP contribution in [0.3, 0.4) is 0 Å². The number of pyridine rings is 1. The van der Waals surface area contributed by atoms with E-state index in [2.05, 4.69) is 4.98 Å². The molecule has 4 heterocycles. The Kier molecular flexibility index (Phi) is 5.57. The first-order chi connectivity index (χ1) is 17.6. The largest absolute Gasteiger partial charge is 0.486 e. The van der Waals surface area contributed by atoms with Crippen molar-refractivity contribution in [3.8, 4) is 11.5 Å². The molecule has 0 spiro atoms. The number of hydrogen-bond donors (Lipinski definition) is 0. The number of imide groups is 1. The first kappa shape index (κ1) is 22.2. The van der Waals surface area contributed by atoms with E-state index in [1.165, 1.54) is 11.3 Å². The highest BCUT2D eigenvalue weighted by atomic mass is 32.1. The van der Waals surface area contributed by atoms with Crippen molar-refractivity contribution >= 4 is 50.1 Å². The number of benzene rings is 2. The summed E-state index contributed by atoms with van der Waals surface area (Å²) in [5, 5.41) is 0.500. The number of carbonyl (C=O) groups is 3. The van der Waals surface area contributed by atoms with Gasteiger partial charge in [0.1, 0.15) is 13.2 Å². The zero-order chi connectivity index (χ0) is 24.6. The van der Waals surface area contributed by atoms with Gasteiger partial charge in [-0.15, -0.1) is 0 Å². The fraction of sp³-hybridized carbons (Fsp3) is 0.192. The molecule has 2 aromatic heterocycles. The second kappa shape index (κ2) is 9.04. The highest BCUT2D eigenvalue weighted by Crippen LogP contribution is 2.39. The van der Waals surface area contributed by atoms with E-state index in [1.54, 1.807) is 41.6 Å². The number of amides is 3. The minimum atomic E-state index is -0.309. The van der Waals surface area contributed by atoms with E-state index >= 15 is 0 Å². The molecule has 0 radical (unpaired) electrons. The second-order valence-corrected chi connectivity index (χ2v) is 9.39. The molecule has 2 aliphatic rings. The van der Waals surface area contributed by atoms with Gasteiger partial charge in [-0.3, -0.25) is 29.2 Å². The summed E-state index contributed by atoms with van der Waals surface area (Å²) in [5.41, 5.74) is 2.26. The van der Waals surface area contributed by atoms with Crippen LogP contribution in [0.4, 0.5) is 10.8 Å². The van der Waals surface area contributed by atoms with Crippen molar-refractivity contribution in [1.82, 2.24) is 9.97 Å². The van der Waals surface area contributed by atoms with E-state index in [0.717, 1.165) is 15.2 Å². The highest BCUT2D eigenvalue weighted by molar-refractivity contribution is 7.22. The van der Waals surface area contributed by atoms with Gasteiger partial charge in [-0.05, 0) is 29.8 Å². The van der Waals surface area contributed by atoms with E-state index in [4.69, 9.17) is 14.5 Å². The molecule has 2 aromatic carbocycles. The quantitative estimate of drug-likeness (QED) is 0.382.